The average molecular weight is 250 g/mol. The number of anilines is 1. The summed E-state index contributed by atoms with van der Waals surface area (Å²) in [5.74, 6) is 0.379. The Morgan fingerprint density at radius 1 is 1.61 bits per heavy atom. The van der Waals surface area contributed by atoms with E-state index >= 15 is 0 Å². The number of rotatable bonds is 3. The third-order valence-electron chi connectivity index (χ3n) is 3.53. The molecular weight excluding hydrogens is 232 g/mol. The van der Waals surface area contributed by atoms with Gasteiger partial charge < -0.3 is 10.2 Å². The fourth-order valence-electron chi connectivity index (χ4n) is 2.27. The van der Waals surface area contributed by atoms with Crippen LogP contribution in [0.3, 0.4) is 0 Å². The molecule has 2 unspecified atom stereocenters. The number of hydrogen-bond acceptors (Lipinski definition) is 5. The Balaban J connectivity index is 2.08. The van der Waals surface area contributed by atoms with E-state index in [1.54, 1.807) is 12.3 Å². The Morgan fingerprint density at radius 2 is 2.39 bits per heavy atom. The summed E-state index contributed by atoms with van der Waals surface area (Å²) in [6, 6.07) is 3.80. The lowest BCUT2D eigenvalue weighted by Crippen LogP contribution is -2.42. The van der Waals surface area contributed by atoms with Crippen molar-refractivity contribution in [1.29, 1.82) is 0 Å². The molecule has 0 saturated carbocycles. The van der Waals surface area contributed by atoms with Gasteiger partial charge in [0.25, 0.3) is 0 Å². The highest BCUT2D eigenvalue weighted by Crippen LogP contribution is 2.24. The van der Waals surface area contributed by atoms with Gasteiger partial charge in [-0.3, -0.25) is 10.1 Å². The van der Waals surface area contributed by atoms with Crippen molar-refractivity contribution < 1.29 is 4.92 Å². The Hall–Kier alpha value is -1.69. The number of piperidine rings is 1. The zero-order chi connectivity index (χ0) is 13.1. The molecule has 2 atom stereocenters. The molecule has 6 nitrogen and oxygen atoms in total. The molecule has 0 radical (unpaired) electrons. The molecule has 0 bridgehead atoms. The predicted octanol–water partition coefficient (Wildman–Crippen LogP) is 1.88. The second-order valence-corrected chi connectivity index (χ2v) is 4.82. The minimum absolute atomic E-state index is 0.0454. The average Bonchev–Trinajstić information content (AvgIpc) is 2.34. The Bertz CT molecular complexity index is 438. The lowest BCUT2D eigenvalue weighted by atomic mass is 9.99. The van der Waals surface area contributed by atoms with E-state index < -0.39 is 4.92 Å². The van der Waals surface area contributed by atoms with Crippen molar-refractivity contribution in [3.63, 3.8) is 0 Å². The van der Waals surface area contributed by atoms with Gasteiger partial charge in [0.1, 0.15) is 0 Å². The summed E-state index contributed by atoms with van der Waals surface area (Å²) in [7, 11) is 2.10. The molecule has 1 aliphatic rings. The molecule has 2 rings (SSSR count). The highest BCUT2D eigenvalue weighted by Gasteiger charge is 2.25. The van der Waals surface area contributed by atoms with Crippen molar-refractivity contribution in [3.8, 4) is 0 Å². The first-order chi connectivity index (χ1) is 8.58. The van der Waals surface area contributed by atoms with Crippen LogP contribution in [0.25, 0.3) is 0 Å². The minimum Gasteiger partial charge on any atom is -0.362 e. The fraction of sp³-hybridized carbons (Fsp3) is 0.583. The van der Waals surface area contributed by atoms with E-state index in [4.69, 9.17) is 0 Å². The van der Waals surface area contributed by atoms with Crippen molar-refractivity contribution in [2.24, 2.45) is 0 Å². The van der Waals surface area contributed by atoms with Gasteiger partial charge in [0.2, 0.25) is 5.82 Å². The third kappa shape index (κ3) is 2.76. The lowest BCUT2D eigenvalue weighted by Gasteiger charge is -2.35. The monoisotopic (exact) mass is 250 g/mol. The van der Waals surface area contributed by atoms with Gasteiger partial charge in [-0.2, -0.15) is 0 Å². The third-order valence-corrected chi connectivity index (χ3v) is 3.53. The molecule has 98 valence electrons. The van der Waals surface area contributed by atoms with Crippen LogP contribution >= 0.6 is 0 Å². The zero-order valence-corrected chi connectivity index (χ0v) is 10.7. The quantitative estimate of drug-likeness (QED) is 0.655. The van der Waals surface area contributed by atoms with Crippen LogP contribution in [-0.2, 0) is 0 Å². The molecule has 1 N–H and O–H groups in total. The van der Waals surface area contributed by atoms with Gasteiger partial charge in [-0.25, -0.2) is 4.98 Å². The summed E-state index contributed by atoms with van der Waals surface area (Å²) in [4.78, 5) is 16.9. The first-order valence-electron chi connectivity index (χ1n) is 6.14. The van der Waals surface area contributed by atoms with Crippen LogP contribution < -0.4 is 5.32 Å². The summed E-state index contributed by atoms with van der Waals surface area (Å²) in [6.45, 7) is 3.17. The number of nitrogens with one attached hydrogen (secondary N) is 1. The van der Waals surface area contributed by atoms with Gasteiger partial charge in [-0.15, -0.1) is 0 Å². The van der Waals surface area contributed by atoms with Crippen LogP contribution in [0.5, 0.6) is 0 Å². The number of aromatic nitrogens is 1. The summed E-state index contributed by atoms with van der Waals surface area (Å²) in [5.41, 5.74) is 0.0454. The van der Waals surface area contributed by atoms with Gasteiger partial charge in [-0.05, 0) is 32.9 Å². The van der Waals surface area contributed by atoms with Crippen molar-refractivity contribution in [2.75, 3.05) is 18.9 Å². The first-order valence-corrected chi connectivity index (χ1v) is 6.14. The predicted molar refractivity (Wildman–Crippen MR) is 69.6 cm³/mol. The smallest absolute Gasteiger partial charge is 0.311 e. The Kier molecular flexibility index (Phi) is 3.76. The van der Waals surface area contributed by atoms with E-state index in [0.29, 0.717) is 11.9 Å². The Morgan fingerprint density at radius 3 is 3.06 bits per heavy atom. The molecular formula is C12H18N4O2. The molecule has 1 aliphatic heterocycles. The normalized spacial score (nSPS) is 24.8. The van der Waals surface area contributed by atoms with Crippen molar-refractivity contribution in [2.45, 2.75) is 31.8 Å². The van der Waals surface area contributed by atoms with Crippen LogP contribution in [0.1, 0.15) is 19.8 Å². The van der Waals surface area contributed by atoms with E-state index in [2.05, 4.69) is 29.2 Å². The van der Waals surface area contributed by atoms with Gasteiger partial charge in [0.05, 0.1) is 4.92 Å². The van der Waals surface area contributed by atoms with Gasteiger partial charge in [0.15, 0.2) is 0 Å². The second kappa shape index (κ2) is 5.30. The topological polar surface area (TPSA) is 71.3 Å². The maximum atomic E-state index is 10.9. The summed E-state index contributed by atoms with van der Waals surface area (Å²) in [6.07, 6.45) is 3.53. The molecule has 0 spiro atoms. The summed E-state index contributed by atoms with van der Waals surface area (Å²) in [5, 5.41) is 14.1. The fourth-order valence-corrected chi connectivity index (χ4v) is 2.27. The Labute approximate surface area is 106 Å². The molecule has 1 aromatic heterocycles. The number of hydrogen-bond donors (Lipinski definition) is 1. The van der Waals surface area contributed by atoms with E-state index in [9.17, 15) is 10.1 Å². The first kappa shape index (κ1) is 12.8. The molecule has 1 aromatic rings. The number of nitrogens with zero attached hydrogens (tertiary/aromatic N) is 3. The summed E-state index contributed by atoms with van der Waals surface area (Å²) < 4.78 is 0. The maximum absolute atomic E-state index is 10.9. The molecule has 6 heteroatoms. The van der Waals surface area contributed by atoms with Gasteiger partial charge in [0, 0.05) is 30.9 Å². The molecule has 0 amide bonds. The van der Waals surface area contributed by atoms with Crippen LogP contribution in [0.4, 0.5) is 11.5 Å². The van der Waals surface area contributed by atoms with E-state index in [0.717, 1.165) is 19.4 Å². The molecule has 18 heavy (non-hydrogen) atoms. The number of likely N-dealkylation sites (tertiary alicyclic amines) is 1. The molecule has 1 saturated heterocycles. The van der Waals surface area contributed by atoms with Crippen LogP contribution in [0, 0.1) is 10.1 Å². The van der Waals surface area contributed by atoms with E-state index in [-0.39, 0.29) is 11.7 Å². The highest BCUT2D eigenvalue weighted by atomic mass is 16.6. The highest BCUT2D eigenvalue weighted by molar-refractivity contribution is 5.55. The van der Waals surface area contributed by atoms with Crippen LogP contribution in [-0.4, -0.2) is 40.5 Å². The molecule has 0 aliphatic carbocycles. The zero-order valence-electron chi connectivity index (χ0n) is 10.7. The SMILES string of the molecule is CC1CC(Nc2ncccc2[N+](=O)[O-])CCN1C. The van der Waals surface area contributed by atoms with E-state index in [1.165, 1.54) is 6.07 Å². The number of pyridine rings is 1. The van der Waals surface area contributed by atoms with Crippen molar-refractivity contribution in [1.82, 2.24) is 9.88 Å². The second-order valence-electron chi connectivity index (χ2n) is 4.82. The standard InChI is InChI=1S/C12H18N4O2/c1-9-8-10(5-7-15(9)2)14-12-11(16(17)18)4-3-6-13-12/h3-4,6,9-10H,5,7-8H2,1-2H3,(H,13,14). The van der Waals surface area contributed by atoms with Crippen LogP contribution in [0.2, 0.25) is 0 Å². The number of nitro groups is 1. The largest absolute Gasteiger partial charge is 0.362 e. The maximum Gasteiger partial charge on any atom is 0.311 e. The minimum atomic E-state index is -0.395. The lowest BCUT2D eigenvalue weighted by molar-refractivity contribution is -0.384. The molecule has 2 heterocycles. The molecule has 0 aromatic carbocycles. The van der Waals surface area contributed by atoms with Crippen molar-refractivity contribution in [3.05, 3.63) is 28.4 Å². The van der Waals surface area contributed by atoms with Crippen molar-refractivity contribution >= 4 is 11.5 Å². The molecule has 1 fully saturated rings. The van der Waals surface area contributed by atoms with Gasteiger partial charge in [-0.1, -0.05) is 0 Å². The summed E-state index contributed by atoms with van der Waals surface area (Å²) >= 11 is 0. The van der Waals surface area contributed by atoms with Gasteiger partial charge >= 0.3 is 5.69 Å². The van der Waals surface area contributed by atoms with E-state index in [1.807, 2.05) is 0 Å². The van der Waals surface area contributed by atoms with Crippen LogP contribution in [0.15, 0.2) is 18.3 Å².